The molecule has 0 saturated carbocycles. The van der Waals surface area contributed by atoms with E-state index in [1.807, 2.05) is 0 Å². The number of anilines is 2. The van der Waals surface area contributed by atoms with Gasteiger partial charge in [-0.15, -0.1) is 10.2 Å². The van der Waals surface area contributed by atoms with Crippen LogP contribution in [-0.4, -0.2) is 34.7 Å². The highest BCUT2D eigenvalue weighted by Gasteiger charge is 2.23. The minimum atomic E-state index is -0.404. The molecule has 0 spiro atoms. The second kappa shape index (κ2) is 6.63. The third-order valence-electron chi connectivity index (χ3n) is 3.19. The molecule has 8 heteroatoms. The van der Waals surface area contributed by atoms with Gasteiger partial charge in [-0.1, -0.05) is 17.4 Å². The van der Waals surface area contributed by atoms with E-state index in [0.29, 0.717) is 23.0 Å². The van der Waals surface area contributed by atoms with Gasteiger partial charge in [0.1, 0.15) is 11.6 Å². The van der Waals surface area contributed by atoms with Crippen LogP contribution in [0.2, 0.25) is 0 Å². The van der Waals surface area contributed by atoms with E-state index >= 15 is 0 Å². The molecule has 0 aliphatic carbocycles. The van der Waals surface area contributed by atoms with Crippen LogP contribution >= 0.6 is 11.3 Å². The van der Waals surface area contributed by atoms with E-state index in [1.54, 1.807) is 24.3 Å². The van der Waals surface area contributed by atoms with Crippen molar-refractivity contribution in [2.24, 2.45) is 0 Å². The molecule has 1 aromatic carbocycles. The topological polar surface area (TPSA) is 93.2 Å². The third-order valence-corrected chi connectivity index (χ3v) is 3.80. The van der Waals surface area contributed by atoms with E-state index in [-0.39, 0.29) is 11.8 Å². The first-order valence-electron chi connectivity index (χ1n) is 6.82. The lowest BCUT2D eigenvalue weighted by Gasteiger charge is -2.11. The Morgan fingerprint density at radius 3 is 2.95 bits per heavy atom. The first-order chi connectivity index (χ1) is 10.7. The highest BCUT2D eigenvalue weighted by molar-refractivity contribution is 7.13. The fraction of sp³-hybridized carbons (Fsp3) is 0.286. The van der Waals surface area contributed by atoms with E-state index in [9.17, 15) is 9.59 Å². The Bertz CT molecular complexity index is 668. The summed E-state index contributed by atoms with van der Waals surface area (Å²) in [5.74, 6) is -0.482. The SMILES string of the molecule is O=C(Nc1nncs1)c1cccc(NC(=O)C2CCCO2)c1. The van der Waals surface area contributed by atoms with Gasteiger partial charge in [-0.3, -0.25) is 14.9 Å². The van der Waals surface area contributed by atoms with Crippen molar-refractivity contribution < 1.29 is 14.3 Å². The number of ether oxygens (including phenoxy) is 1. The second-order valence-electron chi connectivity index (χ2n) is 4.77. The Morgan fingerprint density at radius 2 is 2.23 bits per heavy atom. The zero-order valence-corrected chi connectivity index (χ0v) is 12.4. The Hall–Kier alpha value is -2.32. The van der Waals surface area contributed by atoms with Crippen molar-refractivity contribution >= 4 is 34.0 Å². The van der Waals surface area contributed by atoms with E-state index in [2.05, 4.69) is 20.8 Å². The predicted octanol–water partition coefficient (Wildman–Crippen LogP) is 1.91. The Morgan fingerprint density at radius 1 is 1.32 bits per heavy atom. The van der Waals surface area contributed by atoms with Gasteiger partial charge >= 0.3 is 0 Å². The van der Waals surface area contributed by atoms with Crippen molar-refractivity contribution in [3.05, 3.63) is 35.3 Å². The first kappa shape index (κ1) is 14.6. The second-order valence-corrected chi connectivity index (χ2v) is 5.60. The van der Waals surface area contributed by atoms with Crippen LogP contribution in [-0.2, 0) is 9.53 Å². The van der Waals surface area contributed by atoms with E-state index in [1.165, 1.54) is 16.8 Å². The van der Waals surface area contributed by atoms with Crippen molar-refractivity contribution in [1.82, 2.24) is 10.2 Å². The molecule has 2 amide bonds. The van der Waals surface area contributed by atoms with E-state index in [0.717, 1.165) is 12.8 Å². The molecule has 1 fully saturated rings. The van der Waals surface area contributed by atoms with Crippen LogP contribution in [0.3, 0.4) is 0 Å². The number of nitrogens with one attached hydrogen (secondary N) is 2. The number of rotatable bonds is 4. The quantitative estimate of drug-likeness (QED) is 0.898. The fourth-order valence-corrected chi connectivity index (χ4v) is 2.58. The summed E-state index contributed by atoms with van der Waals surface area (Å²) in [7, 11) is 0. The van der Waals surface area contributed by atoms with Crippen LogP contribution in [0.5, 0.6) is 0 Å². The monoisotopic (exact) mass is 318 g/mol. The number of amides is 2. The lowest BCUT2D eigenvalue weighted by Crippen LogP contribution is -2.27. The number of carbonyl (C=O) groups is 2. The van der Waals surface area contributed by atoms with Crippen molar-refractivity contribution in [3.8, 4) is 0 Å². The predicted molar refractivity (Wildman–Crippen MR) is 81.9 cm³/mol. The maximum Gasteiger partial charge on any atom is 0.257 e. The number of aromatic nitrogens is 2. The Labute approximate surface area is 130 Å². The van der Waals surface area contributed by atoms with Crippen molar-refractivity contribution in [3.63, 3.8) is 0 Å². The first-order valence-corrected chi connectivity index (χ1v) is 7.70. The van der Waals surface area contributed by atoms with Gasteiger partial charge in [0.25, 0.3) is 11.8 Å². The average Bonchev–Trinajstić information content (AvgIpc) is 3.21. The Kier molecular flexibility index (Phi) is 4.40. The smallest absolute Gasteiger partial charge is 0.257 e. The zero-order chi connectivity index (χ0) is 15.4. The van der Waals surface area contributed by atoms with Gasteiger partial charge in [0.05, 0.1) is 0 Å². The highest BCUT2D eigenvalue weighted by atomic mass is 32.1. The summed E-state index contributed by atoms with van der Waals surface area (Å²) in [5, 5.41) is 13.2. The molecule has 1 aliphatic rings. The zero-order valence-electron chi connectivity index (χ0n) is 11.6. The molecule has 2 aromatic rings. The average molecular weight is 318 g/mol. The largest absolute Gasteiger partial charge is 0.368 e. The number of hydrogen-bond donors (Lipinski definition) is 2. The van der Waals surface area contributed by atoms with Crippen LogP contribution in [0.4, 0.5) is 10.8 Å². The summed E-state index contributed by atoms with van der Waals surface area (Å²) >= 11 is 1.24. The number of benzene rings is 1. The van der Waals surface area contributed by atoms with E-state index < -0.39 is 6.10 Å². The van der Waals surface area contributed by atoms with Crippen molar-refractivity contribution in [2.75, 3.05) is 17.2 Å². The van der Waals surface area contributed by atoms with Crippen molar-refractivity contribution in [2.45, 2.75) is 18.9 Å². The van der Waals surface area contributed by atoms with Gasteiger partial charge in [0.2, 0.25) is 5.13 Å². The number of carbonyl (C=O) groups excluding carboxylic acids is 2. The molecular formula is C14H14N4O3S. The minimum absolute atomic E-state index is 0.181. The molecule has 22 heavy (non-hydrogen) atoms. The molecule has 114 valence electrons. The standard InChI is InChI=1S/C14H14N4O3S/c19-12(17-14-18-15-8-22-14)9-3-1-4-10(7-9)16-13(20)11-5-2-6-21-11/h1,3-4,7-8,11H,2,5-6H2,(H,16,20)(H,17,18,19). The maximum atomic E-state index is 12.1. The highest BCUT2D eigenvalue weighted by Crippen LogP contribution is 2.17. The van der Waals surface area contributed by atoms with Crippen LogP contribution < -0.4 is 10.6 Å². The fourth-order valence-electron chi connectivity index (χ4n) is 2.14. The lowest BCUT2D eigenvalue weighted by molar-refractivity contribution is -0.124. The summed E-state index contributed by atoms with van der Waals surface area (Å²) in [6.07, 6.45) is 1.21. The summed E-state index contributed by atoms with van der Waals surface area (Å²) in [6.45, 7) is 0.613. The van der Waals surface area contributed by atoms with Crippen LogP contribution in [0.1, 0.15) is 23.2 Å². The molecule has 0 radical (unpaired) electrons. The van der Waals surface area contributed by atoms with Gasteiger partial charge in [-0.2, -0.15) is 0 Å². The Balaban J connectivity index is 1.66. The molecule has 2 N–H and O–H groups in total. The summed E-state index contributed by atoms with van der Waals surface area (Å²) in [4.78, 5) is 24.1. The van der Waals surface area contributed by atoms with E-state index in [4.69, 9.17) is 4.74 Å². The molecule has 1 unspecified atom stereocenters. The molecule has 1 saturated heterocycles. The van der Waals surface area contributed by atoms with Crippen molar-refractivity contribution in [1.29, 1.82) is 0 Å². The third kappa shape index (κ3) is 3.46. The number of hydrogen-bond acceptors (Lipinski definition) is 6. The molecule has 1 aromatic heterocycles. The summed E-state index contributed by atoms with van der Waals surface area (Å²) in [5.41, 5.74) is 2.53. The molecule has 1 aliphatic heterocycles. The van der Waals surface area contributed by atoms with Gasteiger partial charge < -0.3 is 10.1 Å². The summed E-state index contributed by atoms with van der Waals surface area (Å²) < 4.78 is 5.33. The molecule has 3 rings (SSSR count). The van der Waals surface area contributed by atoms with Gasteiger partial charge in [0.15, 0.2) is 0 Å². The van der Waals surface area contributed by atoms with Crippen LogP contribution in [0.25, 0.3) is 0 Å². The summed E-state index contributed by atoms with van der Waals surface area (Å²) in [6, 6.07) is 6.72. The minimum Gasteiger partial charge on any atom is -0.368 e. The van der Waals surface area contributed by atoms with Gasteiger partial charge in [-0.25, -0.2) is 0 Å². The molecule has 0 bridgehead atoms. The molecule has 1 atom stereocenters. The van der Waals surface area contributed by atoms with Gasteiger partial charge in [-0.05, 0) is 31.0 Å². The molecular weight excluding hydrogens is 304 g/mol. The number of nitrogens with zero attached hydrogens (tertiary/aromatic N) is 2. The molecule has 2 heterocycles. The maximum absolute atomic E-state index is 12.1. The van der Waals surface area contributed by atoms with Crippen LogP contribution in [0.15, 0.2) is 29.8 Å². The van der Waals surface area contributed by atoms with Gasteiger partial charge in [0, 0.05) is 17.9 Å². The lowest BCUT2D eigenvalue weighted by atomic mass is 10.1. The van der Waals surface area contributed by atoms with Crippen LogP contribution in [0, 0.1) is 0 Å². The normalized spacial score (nSPS) is 17.2. The molecule has 7 nitrogen and oxygen atoms in total.